The summed E-state index contributed by atoms with van der Waals surface area (Å²) in [7, 11) is 0. The summed E-state index contributed by atoms with van der Waals surface area (Å²) in [5.74, 6) is -2.65. The second kappa shape index (κ2) is 7.02. The first-order valence-electron chi connectivity index (χ1n) is 4.91. The topological polar surface area (TPSA) is 118 Å². The van der Waals surface area contributed by atoms with E-state index in [4.69, 9.17) is 16.7 Å². The van der Waals surface area contributed by atoms with E-state index < -0.39 is 23.9 Å². The normalized spacial score (nSPS) is 11.7. The predicted molar refractivity (Wildman–Crippen MR) is 66.7 cm³/mol. The molecule has 1 heterocycles. The first-order valence-corrected chi connectivity index (χ1v) is 6.32. The number of amides is 1. The van der Waals surface area contributed by atoms with Gasteiger partial charge < -0.3 is 15.3 Å². The summed E-state index contributed by atoms with van der Waals surface area (Å²) in [5, 5.41) is 13.0. The monoisotopic (exact) mass is 307 g/mol. The Labute approximate surface area is 116 Å². The number of hydrogen-bond acceptors (Lipinski definition) is 7. The molecule has 0 aliphatic rings. The van der Waals surface area contributed by atoms with Crippen molar-refractivity contribution in [3.05, 3.63) is 11.1 Å². The summed E-state index contributed by atoms with van der Waals surface area (Å²) in [4.78, 5) is 41.0. The van der Waals surface area contributed by atoms with Crippen LogP contribution in [0.2, 0.25) is 0 Å². The quantitative estimate of drug-likeness (QED) is 0.518. The van der Waals surface area contributed by atoms with Gasteiger partial charge in [-0.25, -0.2) is 9.78 Å². The molecule has 0 saturated carbocycles. The Kier molecular flexibility index (Phi) is 5.67. The molecule has 1 atom stereocenters. The van der Waals surface area contributed by atoms with Gasteiger partial charge in [0.2, 0.25) is 5.91 Å². The van der Waals surface area contributed by atoms with Crippen molar-refractivity contribution in [3.8, 4) is 0 Å². The fraction of sp³-hybridized carbons (Fsp3) is 0.333. The number of rotatable bonds is 6. The van der Waals surface area contributed by atoms with Gasteiger partial charge in [-0.05, 0) is 0 Å². The molecule has 0 fully saturated rings. The smallest absolute Gasteiger partial charge is 0.330 e. The SMILES string of the molecule is CC(=O)ONC(C(=O)O)c1csc(NC(=O)CCl)n1. The summed E-state index contributed by atoms with van der Waals surface area (Å²) in [6, 6.07) is -1.32. The lowest BCUT2D eigenvalue weighted by Crippen LogP contribution is -2.30. The number of halogens is 1. The van der Waals surface area contributed by atoms with Gasteiger partial charge in [-0.15, -0.1) is 28.4 Å². The number of nitrogens with one attached hydrogen (secondary N) is 2. The van der Waals surface area contributed by atoms with Gasteiger partial charge in [0.1, 0.15) is 5.88 Å². The van der Waals surface area contributed by atoms with E-state index in [0.717, 1.165) is 18.3 Å². The third kappa shape index (κ3) is 4.81. The van der Waals surface area contributed by atoms with Gasteiger partial charge in [-0.3, -0.25) is 9.59 Å². The zero-order chi connectivity index (χ0) is 14.4. The van der Waals surface area contributed by atoms with Gasteiger partial charge in [-0.1, -0.05) is 0 Å². The van der Waals surface area contributed by atoms with Crippen LogP contribution in [0.15, 0.2) is 5.38 Å². The first-order chi connectivity index (χ1) is 8.93. The average Bonchev–Trinajstić information content (AvgIpc) is 2.76. The van der Waals surface area contributed by atoms with Crippen LogP contribution in [0.3, 0.4) is 0 Å². The molecule has 0 aromatic carbocycles. The molecule has 1 rings (SSSR count). The number of alkyl halides is 1. The number of carboxylic acid groups (broad SMARTS) is 1. The zero-order valence-electron chi connectivity index (χ0n) is 9.68. The minimum Gasteiger partial charge on any atom is -0.480 e. The van der Waals surface area contributed by atoms with Gasteiger partial charge in [-0.2, -0.15) is 0 Å². The van der Waals surface area contributed by atoms with E-state index in [1.165, 1.54) is 5.38 Å². The largest absolute Gasteiger partial charge is 0.480 e. The second-order valence-corrected chi connectivity index (χ2v) is 4.37. The number of anilines is 1. The van der Waals surface area contributed by atoms with E-state index in [1.807, 2.05) is 0 Å². The van der Waals surface area contributed by atoms with Gasteiger partial charge >= 0.3 is 11.9 Å². The van der Waals surface area contributed by atoms with Crippen molar-refractivity contribution < 1.29 is 24.3 Å². The minimum atomic E-state index is -1.32. The number of hydrogen-bond donors (Lipinski definition) is 3. The molecule has 0 spiro atoms. The Bertz CT molecular complexity index is 492. The molecule has 1 amide bonds. The number of carbonyl (C=O) groups excluding carboxylic acids is 2. The molecular formula is C9H10ClN3O5S. The lowest BCUT2D eigenvalue weighted by Gasteiger charge is -2.10. The summed E-state index contributed by atoms with van der Waals surface area (Å²) >= 11 is 6.33. The van der Waals surface area contributed by atoms with Crippen LogP contribution in [0.1, 0.15) is 18.7 Å². The predicted octanol–water partition coefficient (Wildman–Crippen LogP) is 0.514. The van der Waals surface area contributed by atoms with Crippen molar-refractivity contribution >= 4 is 45.9 Å². The molecule has 8 nitrogen and oxygen atoms in total. The maximum absolute atomic E-state index is 11.0. The van der Waals surface area contributed by atoms with Gasteiger partial charge in [0.15, 0.2) is 11.2 Å². The number of nitrogens with zero attached hydrogens (tertiary/aromatic N) is 1. The summed E-state index contributed by atoms with van der Waals surface area (Å²) in [5.41, 5.74) is 2.17. The van der Waals surface area contributed by atoms with Crippen LogP contribution in [-0.4, -0.2) is 33.8 Å². The highest BCUT2D eigenvalue weighted by Gasteiger charge is 2.24. The van der Waals surface area contributed by atoms with E-state index in [0.29, 0.717) is 0 Å². The highest BCUT2D eigenvalue weighted by atomic mass is 35.5. The molecule has 0 radical (unpaired) electrons. The average molecular weight is 308 g/mol. The molecule has 10 heteroatoms. The molecule has 0 aliphatic heterocycles. The third-order valence-electron chi connectivity index (χ3n) is 1.75. The van der Waals surface area contributed by atoms with E-state index >= 15 is 0 Å². The van der Waals surface area contributed by atoms with Crippen LogP contribution in [0.25, 0.3) is 0 Å². The van der Waals surface area contributed by atoms with Crippen molar-refractivity contribution in [2.75, 3.05) is 11.2 Å². The number of thiazole rings is 1. The van der Waals surface area contributed by atoms with Crippen molar-refractivity contribution in [3.63, 3.8) is 0 Å². The van der Waals surface area contributed by atoms with Crippen LogP contribution in [0.4, 0.5) is 5.13 Å². The third-order valence-corrected chi connectivity index (χ3v) is 2.77. The zero-order valence-corrected chi connectivity index (χ0v) is 11.2. The van der Waals surface area contributed by atoms with Crippen LogP contribution in [-0.2, 0) is 19.2 Å². The fourth-order valence-corrected chi connectivity index (χ4v) is 1.83. The molecule has 104 valence electrons. The summed E-state index contributed by atoms with van der Waals surface area (Å²) in [6.45, 7) is 1.12. The standard InChI is InChI=1S/C9H10ClN3O5S/c1-4(14)18-13-7(8(16)17)5-3-19-9(11-5)12-6(15)2-10/h3,7,13H,2H2,1H3,(H,16,17)(H,11,12,15). The Morgan fingerprint density at radius 3 is 2.79 bits per heavy atom. The van der Waals surface area contributed by atoms with Crippen molar-refractivity contribution in [2.45, 2.75) is 13.0 Å². The second-order valence-electron chi connectivity index (χ2n) is 3.24. The van der Waals surface area contributed by atoms with Crippen molar-refractivity contribution in [2.24, 2.45) is 0 Å². The first kappa shape index (κ1) is 15.3. The van der Waals surface area contributed by atoms with E-state index in [1.54, 1.807) is 0 Å². The number of carbonyl (C=O) groups is 3. The Morgan fingerprint density at radius 1 is 1.58 bits per heavy atom. The van der Waals surface area contributed by atoms with Crippen molar-refractivity contribution in [1.82, 2.24) is 10.5 Å². The summed E-state index contributed by atoms with van der Waals surface area (Å²) in [6.07, 6.45) is 0. The fourth-order valence-electron chi connectivity index (χ4n) is 1.01. The van der Waals surface area contributed by atoms with Crippen molar-refractivity contribution in [1.29, 1.82) is 0 Å². The van der Waals surface area contributed by atoms with E-state index in [2.05, 4.69) is 20.6 Å². The number of aliphatic carboxylic acids is 1. The maximum atomic E-state index is 11.0. The highest BCUT2D eigenvalue weighted by molar-refractivity contribution is 7.14. The highest BCUT2D eigenvalue weighted by Crippen LogP contribution is 2.21. The lowest BCUT2D eigenvalue weighted by molar-refractivity contribution is -0.156. The van der Waals surface area contributed by atoms with Crippen LogP contribution in [0.5, 0.6) is 0 Å². The van der Waals surface area contributed by atoms with Crippen LogP contribution in [0, 0.1) is 0 Å². The molecule has 1 unspecified atom stereocenters. The minimum absolute atomic E-state index is 0.101. The van der Waals surface area contributed by atoms with Gasteiger partial charge in [0.25, 0.3) is 0 Å². The Hall–Kier alpha value is -1.71. The van der Waals surface area contributed by atoms with Gasteiger partial charge in [0, 0.05) is 12.3 Å². The van der Waals surface area contributed by atoms with Crippen LogP contribution >= 0.6 is 22.9 Å². The summed E-state index contributed by atoms with van der Waals surface area (Å²) < 4.78 is 0. The molecule has 19 heavy (non-hydrogen) atoms. The van der Waals surface area contributed by atoms with Crippen LogP contribution < -0.4 is 10.8 Å². The molecule has 1 aromatic heterocycles. The molecule has 0 saturated heterocycles. The van der Waals surface area contributed by atoms with Gasteiger partial charge in [0.05, 0.1) is 5.69 Å². The Balaban J connectivity index is 2.77. The van der Waals surface area contributed by atoms with E-state index in [-0.39, 0.29) is 16.7 Å². The lowest BCUT2D eigenvalue weighted by atomic mass is 10.2. The number of aromatic nitrogens is 1. The molecule has 0 bridgehead atoms. The molecule has 0 aliphatic carbocycles. The maximum Gasteiger partial charge on any atom is 0.330 e. The van der Waals surface area contributed by atoms with E-state index in [9.17, 15) is 14.4 Å². The molecule has 3 N–H and O–H groups in total. The molecule has 1 aromatic rings. The number of hydroxylamine groups is 1. The number of carboxylic acids is 1. The Morgan fingerprint density at radius 2 is 2.26 bits per heavy atom. The molecular weight excluding hydrogens is 298 g/mol.